The van der Waals surface area contributed by atoms with Crippen LogP contribution in [0.5, 0.6) is 0 Å². The van der Waals surface area contributed by atoms with Crippen molar-refractivity contribution in [3.8, 4) is 0 Å². The maximum absolute atomic E-state index is 11.7. The minimum absolute atomic E-state index is 0.0674. The minimum atomic E-state index is -0.320. The molecule has 3 N–H and O–H groups in total. The minimum Gasteiger partial charge on any atom is -0.345 e. The lowest BCUT2D eigenvalue weighted by Gasteiger charge is -2.07. The summed E-state index contributed by atoms with van der Waals surface area (Å²) < 4.78 is 0. The molecule has 0 radical (unpaired) electrons. The second-order valence-corrected chi connectivity index (χ2v) is 4.98. The first-order chi connectivity index (χ1) is 10.2. The summed E-state index contributed by atoms with van der Waals surface area (Å²) >= 11 is 0. The first kappa shape index (κ1) is 13.3. The zero-order valence-electron chi connectivity index (χ0n) is 11.3. The van der Waals surface area contributed by atoms with Crippen LogP contribution in [0.4, 0.5) is 5.69 Å². The lowest BCUT2D eigenvalue weighted by atomic mass is 10.2. The number of rotatable bonds is 5. The molecule has 7 nitrogen and oxygen atoms in total. The van der Waals surface area contributed by atoms with E-state index in [4.69, 9.17) is 0 Å². The molecule has 1 aromatic heterocycles. The molecule has 0 aliphatic heterocycles. The molecule has 21 heavy (non-hydrogen) atoms. The van der Waals surface area contributed by atoms with E-state index in [-0.39, 0.29) is 23.6 Å². The monoisotopic (exact) mass is 285 g/mol. The van der Waals surface area contributed by atoms with E-state index in [1.807, 2.05) is 24.3 Å². The highest BCUT2D eigenvalue weighted by atomic mass is 16.2. The molecule has 7 heteroatoms. The van der Waals surface area contributed by atoms with Gasteiger partial charge in [0.05, 0.1) is 0 Å². The van der Waals surface area contributed by atoms with Crippen molar-refractivity contribution in [1.82, 2.24) is 20.5 Å². The summed E-state index contributed by atoms with van der Waals surface area (Å²) in [6.07, 6.45) is 3.22. The number of hydrogen-bond acceptors (Lipinski definition) is 4. The van der Waals surface area contributed by atoms with Gasteiger partial charge in [-0.2, -0.15) is 5.10 Å². The second kappa shape index (κ2) is 5.74. The Labute approximate surface area is 121 Å². The zero-order valence-corrected chi connectivity index (χ0v) is 11.3. The SMILES string of the molecule is O=C(NCc1cccc(NC(=O)C2CC2)c1)c1ncn[nH]1. The summed E-state index contributed by atoms with van der Waals surface area (Å²) in [4.78, 5) is 27.2. The Kier molecular flexibility index (Phi) is 3.63. The Morgan fingerprint density at radius 1 is 1.33 bits per heavy atom. The number of aromatic amines is 1. The number of benzene rings is 1. The summed E-state index contributed by atoms with van der Waals surface area (Å²) in [5.74, 6) is 0.0887. The van der Waals surface area contributed by atoms with E-state index < -0.39 is 0 Å². The van der Waals surface area contributed by atoms with Crippen molar-refractivity contribution in [1.29, 1.82) is 0 Å². The third-order valence-corrected chi connectivity index (χ3v) is 3.23. The van der Waals surface area contributed by atoms with Crippen molar-refractivity contribution >= 4 is 17.5 Å². The normalized spacial score (nSPS) is 13.7. The molecular formula is C14H15N5O2. The summed E-state index contributed by atoms with van der Waals surface area (Å²) in [6, 6.07) is 7.41. The van der Waals surface area contributed by atoms with Gasteiger partial charge >= 0.3 is 0 Å². The summed E-state index contributed by atoms with van der Waals surface area (Å²) in [5.41, 5.74) is 1.65. The van der Waals surface area contributed by atoms with Crippen LogP contribution in [0.25, 0.3) is 0 Å². The van der Waals surface area contributed by atoms with Crippen LogP contribution in [0.3, 0.4) is 0 Å². The molecule has 1 aliphatic rings. The molecule has 0 saturated heterocycles. The van der Waals surface area contributed by atoms with Crippen molar-refractivity contribution in [2.75, 3.05) is 5.32 Å². The number of carbonyl (C=O) groups excluding carboxylic acids is 2. The lowest BCUT2D eigenvalue weighted by molar-refractivity contribution is -0.117. The number of H-pyrrole nitrogens is 1. The summed E-state index contributed by atoms with van der Waals surface area (Å²) in [6.45, 7) is 0.354. The standard InChI is InChI=1S/C14H15N5O2/c20-13(10-4-5-10)18-11-3-1-2-9(6-11)7-15-14(21)12-16-8-17-19-12/h1-3,6,8,10H,4-5,7H2,(H,15,21)(H,18,20)(H,16,17,19). The highest BCUT2D eigenvalue weighted by Gasteiger charge is 2.29. The van der Waals surface area contributed by atoms with Gasteiger partial charge < -0.3 is 10.6 Å². The average molecular weight is 285 g/mol. The van der Waals surface area contributed by atoms with E-state index in [0.717, 1.165) is 24.1 Å². The van der Waals surface area contributed by atoms with E-state index in [9.17, 15) is 9.59 Å². The third-order valence-electron chi connectivity index (χ3n) is 3.23. The van der Waals surface area contributed by atoms with E-state index in [2.05, 4.69) is 25.8 Å². The molecule has 0 bridgehead atoms. The lowest BCUT2D eigenvalue weighted by Crippen LogP contribution is -2.24. The van der Waals surface area contributed by atoms with Gasteiger partial charge in [0.15, 0.2) is 0 Å². The molecule has 0 spiro atoms. The van der Waals surface area contributed by atoms with Crippen molar-refractivity contribution in [2.45, 2.75) is 19.4 Å². The number of nitrogens with one attached hydrogen (secondary N) is 3. The van der Waals surface area contributed by atoms with Crippen molar-refractivity contribution in [3.05, 3.63) is 42.0 Å². The van der Waals surface area contributed by atoms with Gasteiger partial charge in [0.25, 0.3) is 5.91 Å². The zero-order chi connectivity index (χ0) is 14.7. The van der Waals surface area contributed by atoms with Crippen LogP contribution in [-0.4, -0.2) is 27.0 Å². The van der Waals surface area contributed by atoms with Gasteiger partial charge in [-0.1, -0.05) is 12.1 Å². The van der Waals surface area contributed by atoms with Crippen molar-refractivity contribution < 1.29 is 9.59 Å². The molecule has 2 amide bonds. The Bertz CT molecular complexity index is 649. The number of aromatic nitrogens is 3. The van der Waals surface area contributed by atoms with Crippen molar-refractivity contribution in [2.24, 2.45) is 5.92 Å². The molecule has 1 aliphatic carbocycles. The first-order valence-corrected chi connectivity index (χ1v) is 6.76. The van der Waals surface area contributed by atoms with Crippen molar-refractivity contribution in [3.63, 3.8) is 0 Å². The molecule has 3 rings (SSSR count). The molecule has 1 aromatic carbocycles. The molecule has 0 unspecified atom stereocenters. The topological polar surface area (TPSA) is 99.8 Å². The fourth-order valence-corrected chi connectivity index (χ4v) is 1.93. The van der Waals surface area contributed by atoms with E-state index in [1.54, 1.807) is 0 Å². The van der Waals surface area contributed by atoms with Gasteiger partial charge in [0, 0.05) is 18.2 Å². The maximum atomic E-state index is 11.7. The Morgan fingerprint density at radius 3 is 2.90 bits per heavy atom. The summed E-state index contributed by atoms with van der Waals surface area (Å²) in [7, 11) is 0. The number of nitrogens with zero attached hydrogens (tertiary/aromatic N) is 2. The predicted molar refractivity (Wildman–Crippen MR) is 75.3 cm³/mol. The van der Waals surface area contributed by atoms with Gasteiger partial charge in [0.1, 0.15) is 6.33 Å². The Hall–Kier alpha value is -2.70. The van der Waals surface area contributed by atoms with Gasteiger partial charge in [0.2, 0.25) is 11.7 Å². The third kappa shape index (κ3) is 3.44. The molecule has 1 fully saturated rings. The van der Waals surface area contributed by atoms with Crippen LogP contribution in [0.1, 0.15) is 29.0 Å². The van der Waals surface area contributed by atoms with Gasteiger partial charge in [-0.25, -0.2) is 4.98 Å². The van der Waals surface area contributed by atoms with E-state index in [1.165, 1.54) is 6.33 Å². The fourth-order valence-electron chi connectivity index (χ4n) is 1.93. The number of hydrogen-bond donors (Lipinski definition) is 3. The van der Waals surface area contributed by atoms with Gasteiger partial charge in [-0.15, -0.1) is 0 Å². The smallest absolute Gasteiger partial charge is 0.288 e. The quantitative estimate of drug-likeness (QED) is 0.765. The molecule has 108 valence electrons. The first-order valence-electron chi connectivity index (χ1n) is 6.76. The number of anilines is 1. The summed E-state index contributed by atoms with van der Waals surface area (Å²) in [5, 5.41) is 11.7. The number of carbonyl (C=O) groups is 2. The second-order valence-electron chi connectivity index (χ2n) is 4.98. The molecular weight excluding hydrogens is 270 g/mol. The number of amides is 2. The molecule has 0 atom stereocenters. The van der Waals surface area contributed by atoms with Gasteiger partial charge in [-0.05, 0) is 30.5 Å². The molecule has 2 aromatic rings. The van der Waals surface area contributed by atoms with E-state index in [0.29, 0.717) is 6.54 Å². The predicted octanol–water partition coefficient (Wildman–Crippen LogP) is 1.08. The van der Waals surface area contributed by atoms with Crippen LogP contribution in [0.2, 0.25) is 0 Å². The fraction of sp³-hybridized carbons (Fsp3) is 0.286. The van der Waals surface area contributed by atoms with Crippen LogP contribution >= 0.6 is 0 Å². The average Bonchev–Trinajstić information content (AvgIpc) is 3.20. The Morgan fingerprint density at radius 2 is 2.19 bits per heavy atom. The maximum Gasteiger partial charge on any atom is 0.288 e. The Balaban J connectivity index is 1.58. The van der Waals surface area contributed by atoms with Crippen LogP contribution in [0, 0.1) is 5.92 Å². The van der Waals surface area contributed by atoms with E-state index >= 15 is 0 Å². The molecule has 1 heterocycles. The van der Waals surface area contributed by atoms with Crippen LogP contribution in [-0.2, 0) is 11.3 Å². The molecule has 1 saturated carbocycles. The largest absolute Gasteiger partial charge is 0.345 e. The van der Waals surface area contributed by atoms with Crippen LogP contribution in [0.15, 0.2) is 30.6 Å². The van der Waals surface area contributed by atoms with Gasteiger partial charge in [-0.3, -0.25) is 14.7 Å². The highest BCUT2D eigenvalue weighted by Crippen LogP contribution is 2.30. The highest BCUT2D eigenvalue weighted by molar-refractivity contribution is 5.94. The van der Waals surface area contributed by atoms with Crippen LogP contribution < -0.4 is 10.6 Å².